The summed E-state index contributed by atoms with van der Waals surface area (Å²) in [5.41, 5.74) is 0.727. The van der Waals surface area contributed by atoms with Crippen LogP contribution < -0.4 is 5.32 Å². The van der Waals surface area contributed by atoms with Gasteiger partial charge in [-0.1, -0.05) is 15.9 Å². The number of likely N-dealkylation sites (N-methyl/N-ethyl adjacent to an activating group) is 1. The highest BCUT2D eigenvalue weighted by Gasteiger charge is 2.21. The average molecular weight is 315 g/mol. The Morgan fingerprint density at radius 3 is 3.00 bits per heavy atom. The molecule has 1 heterocycles. The summed E-state index contributed by atoms with van der Waals surface area (Å²) >= 11 is 3.39. The second kappa shape index (κ2) is 6.13. The van der Waals surface area contributed by atoms with Crippen molar-refractivity contribution in [3.05, 3.63) is 34.1 Å². The molecule has 0 amide bonds. The van der Waals surface area contributed by atoms with Crippen molar-refractivity contribution in [3.63, 3.8) is 0 Å². The molecule has 0 radical (unpaired) electrons. The van der Waals surface area contributed by atoms with Crippen LogP contribution in [0, 0.1) is 5.82 Å². The normalized spacial score (nSPS) is 22.3. The fraction of sp³-hybridized carbons (Fsp3) is 0.571. The highest BCUT2D eigenvalue weighted by atomic mass is 79.9. The van der Waals surface area contributed by atoms with Gasteiger partial charge in [0.2, 0.25) is 0 Å². The molecule has 1 aliphatic heterocycles. The lowest BCUT2D eigenvalue weighted by atomic mass is 10.1. The van der Waals surface area contributed by atoms with Gasteiger partial charge in [0.05, 0.1) is 0 Å². The van der Waals surface area contributed by atoms with Crippen molar-refractivity contribution < 1.29 is 4.39 Å². The smallest absolute Gasteiger partial charge is 0.128 e. The van der Waals surface area contributed by atoms with Crippen molar-refractivity contribution in [1.29, 1.82) is 0 Å². The van der Waals surface area contributed by atoms with Gasteiger partial charge >= 0.3 is 0 Å². The van der Waals surface area contributed by atoms with Gasteiger partial charge in [-0.2, -0.15) is 0 Å². The molecular formula is C14H20BrFN2. The van der Waals surface area contributed by atoms with Crippen LogP contribution in [0.2, 0.25) is 0 Å². The molecule has 1 aromatic carbocycles. The molecule has 2 atom stereocenters. The number of rotatable bonds is 4. The van der Waals surface area contributed by atoms with Crippen LogP contribution in [0.1, 0.15) is 31.4 Å². The predicted octanol–water partition coefficient (Wildman–Crippen LogP) is 3.33. The Morgan fingerprint density at radius 2 is 2.33 bits per heavy atom. The van der Waals surface area contributed by atoms with E-state index in [2.05, 4.69) is 33.2 Å². The van der Waals surface area contributed by atoms with Gasteiger partial charge in [0.15, 0.2) is 0 Å². The molecule has 0 aromatic heterocycles. The number of nitrogens with zero attached hydrogens (tertiary/aromatic N) is 1. The van der Waals surface area contributed by atoms with Gasteiger partial charge in [-0.05, 0) is 51.6 Å². The molecule has 0 bridgehead atoms. The third-order valence-electron chi connectivity index (χ3n) is 3.76. The van der Waals surface area contributed by atoms with E-state index in [-0.39, 0.29) is 11.9 Å². The summed E-state index contributed by atoms with van der Waals surface area (Å²) in [5, 5.41) is 3.44. The second-order valence-corrected chi connectivity index (χ2v) is 5.99. The van der Waals surface area contributed by atoms with Crippen LogP contribution in [0.15, 0.2) is 22.7 Å². The van der Waals surface area contributed by atoms with E-state index in [0.29, 0.717) is 6.04 Å². The fourth-order valence-electron chi connectivity index (χ4n) is 2.51. The van der Waals surface area contributed by atoms with Gasteiger partial charge in [-0.25, -0.2) is 4.39 Å². The Balaban J connectivity index is 1.94. The van der Waals surface area contributed by atoms with Crippen LogP contribution in [-0.2, 0) is 0 Å². The molecule has 2 rings (SSSR count). The highest BCUT2D eigenvalue weighted by molar-refractivity contribution is 9.10. The van der Waals surface area contributed by atoms with E-state index >= 15 is 0 Å². The van der Waals surface area contributed by atoms with Gasteiger partial charge in [-0.15, -0.1) is 0 Å². The lowest BCUT2D eigenvalue weighted by Crippen LogP contribution is -2.36. The third kappa shape index (κ3) is 3.31. The van der Waals surface area contributed by atoms with Crippen LogP contribution in [0.3, 0.4) is 0 Å². The Bertz CT molecular complexity index is 411. The van der Waals surface area contributed by atoms with E-state index in [9.17, 15) is 4.39 Å². The first-order chi connectivity index (χ1) is 8.58. The summed E-state index contributed by atoms with van der Waals surface area (Å²) in [4.78, 5) is 2.37. The van der Waals surface area contributed by atoms with Crippen LogP contribution in [-0.4, -0.2) is 31.1 Å². The molecule has 1 saturated heterocycles. The zero-order valence-corrected chi connectivity index (χ0v) is 12.5. The average Bonchev–Trinajstić information content (AvgIpc) is 2.75. The molecule has 2 nitrogen and oxygen atoms in total. The van der Waals surface area contributed by atoms with Gasteiger partial charge in [0.25, 0.3) is 0 Å². The summed E-state index contributed by atoms with van der Waals surface area (Å²) in [6.07, 6.45) is 2.50. The van der Waals surface area contributed by atoms with Crippen molar-refractivity contribution in [1.82, 2.24) is 10.2 Å². The topological polar surface area (TPSA) is 15.3 Å². The van der Waals surface area contributed by atoms with Crippen molar-refractivity contribution in [2.24, 2.45) is 0 Å². The molecule has 0 saturated carbocycles. The molecule has 100 valence electrons. The van der Waals surface area contributed by atoms with Crippen molar-refractivity contribution in [2.45, 2.75) is 31.8 Å². The van der Waals surface area contributed by atoms with E-state index < -0.39 is 0 Å². The minimum Gasteiger partial charge on any atom is -0.309 e. The number of hydrogen-bond donors (Lipinski definition) is 1. The van der Waals surface area contributed by atoms with Crippen LogP contribution >= 0.6 is 15.9 Å². The highest BCUT2D eigenvalue weighted by Crippen LogP contribution is 2.22. The summed E-state index contributed by atoms with van der Waals surface area (Å²) in [6.45, 7) is 4.11. The maximum Gasteiger partial charge on any atom is 0.128 e. The maximum atomic E-state index is 13.7. The van der Waals surface area contributed by atoms with E-state index in [4.69, 9.17) is 0 Å². The van der Waals surface area contributed by atoms with Crippen molar-refractivity contribution in [3.8, 4) is 0 Å². The fourth-order valence-corrected chi connectivity index (χ4v) is 2.89. The van der Waals surface area contributed by atoms with E-state index in [1.165, 1.54) is 25.5 Å². The number of likely N-dealkylation sites (tertiary alicyclic amines) is 1. The SMILES string of the molecule is CC(NCC1CCCN1C)c1cc(Br)ccc1F. The molecule has 2 unspecified atom stereocenters. The lowest BCUT2D eigenvalue weighted by molar-refractivity contribution is 0.293. The van der Waals surface area contributed by atoms with Gasteiger partial charge in [0, 0.05) is 28.7 Å². The summed E-state index contributed by atoms with van der Waals surface area (Å²) in [6, 6.07) is 5.72. The first kappa shape index (κ1) is 14.0. The molecule has 1 N–H and O–H groups in total. The second-order valence-electron chi connectivity index (χ2n) is 5.07. The van der Waals surface area contributed by atoms with Crippen LogP contribution in [0.5, 0.6) is 0 Å². The molecular weight excluding hydrogens is 295 g/mol. The minimum atomic E-state index is -0.141. The van der Waals surface area contributed by atoms with Crippen molar-refractivity contribution >= 4 is 15.9 Å². The van der Waals surface area contributed by atoms with Gasteiger partial charge in [0.1, 0.15) is 5.82 Å². The number of hydrogen-bond acceptors (Lipinski definition) is 2. The van der Waals surface area contributed by atoms with E-state index in [0.717, 1.165) is 16.6 Å². The Morgan fingerprint density at radius 1 is 1.56 bits per heavy atom. The van der Waals surface area contributed by atoms with E-state index in [1.807, 2.05) is 13.0 Å². The van der Waals surface area contributed by atoms with Crippen LogP contribution in [0.4, 0.5) is 4.39 Å². The third-order valence-corrected chi connectivity index (χ3v) is 4.25. The number of nitrogens with one attached hydrogen (secondary N) is 1. The summed E-state index contributed by atoms with van der Waals surface area (Å²) in [5.74, 6) is -0.141. The minimum absolute atomic E-state index is 0.0384. The monoisotopic (exact) mass is 314 g/mol. The van der Waals surface area contributed by atoms with Crippen LogP contribution in [0.25, 0.3) is 0 Å². The predicted molar refractivity (Wildman–Crippen MR) is 76.2 cm³/mol. The van der Waals surface area contributed by atoms with E-state index in [1.54, 1.807) is 6.07 Å². The Kier molecular flexibility index (Phi) is 4.76. The molecule has 18 heavy (non-hydrogen) atoms. The quantitative estimate of drug-likeness (QED) is 0.917. The Hall–Kier alpha value is -0.450. The molecule has 1 aromatic rings. The lowest BCUT2D eigenvalue weighted by Gasteiger charge is -2.23. The number of halogens is 2. The first-order valence-electron chi connectivity index (χ1n) is 6.46. The molecule has 0 spiro atoms. The zero-order valence-electron chi connectivity index (χ0n) is 10.9. The molecule has 1 fully saturated rings. The van der Waals surface area contributed by atoms with Gasteiger partial charge in [-0.3, -0.25) is 0 Å². The maximum absolute atomic E-state index is 13.7. The van der Waals surface area contributed by atoms with Gasteiger partial charge < -0.3 is 10.2 Å². The standard InChI is InChI=1S/C14H20BrFN2/c1-10(13-8-11(15)5-6-14(13)16)17-9-12-4-3-7-18(12)2/h5-6,8,10,12,17H,3-4,7,9H2,1-2H3. The largest absolute Gasteiger partial charge is 0.309 e. The molecule has 0 aliphatic carbocycles. The van der Waals surface area contributed by atoms with Crippen molar-refractivity contribution in [2.75, 3.05) is 20.1 Å². The zero-order chi connectivity index (χ0) is 13.1. The summed E-state index contributed by atoms with van der Waals surface area (Å²) < 4.78 is 14.6. The molecule has 1 aliphatic rings. The number of benzene rings is 1. The first-order valence-corrected chi connectivity index (χ1v) is 7.26. The Labute approximate surface area is 117 Å². The molecule has 4 heteroatoms. The summed E-state index contributed by atoms with van der Waals surface area (Å²) in [7, 11) is 2.16.